The topological polar surface area (TPSA) is 42.9 Å². The number of hydrogen-bond acceptors (Lipinski definition) is 3. The maximum Gasteiger partial charge on any atom is 0.191 e. The molecule has 1 aliphatic rings. The van der Waals surface area contributed by atoms with Crippen molar-refractivity contribution >= 4 is 5.96 Å². The highest BCUT2D eigenvalue weighted by Gasteiger charge is 2.21. The zero-order valence-electron chi connectivity index (χ0n) is 18.4. The van der Waals surface area contributed by atoms with Gasteiger partial charge in [0.1, 0.15) is 0 Å². The normalized spacial score (nSPS) is 23.3. The lowest BCUT2D eigenvalue weighted by atomic mass is 9.92. The summed E-state index contributed by atoms with van der Waals surface area (Å²) >= 11 is 0. The quantitative estimate of drug-likeness (QED) is 0.335. The molecule has 5 heteroatoms. The van der Waals surface area contributed by atoms with Crippen LogP contribution in [0, 0.1) is 11.8 Å². The van der Waals surface area contributed by atoms with E-state index in [-0.39, 0.29) is 0 Å². The second-order valence-corrected chi connectivity index (χ2v) is 8.27. The van der Waals surface area contributed by atoms with E-state index >= 15 is 0 Å². The van der Waals surface area contributed by atoms with E-state index in [1.807, 2.05) is 7.05 Å². The Balaban J connectivity index is 2.16. The highest BCUT2D eigenvalue weighted by atomic mass is 15.2. The van der Waals surface area contributed by atoms with Crippen LogP contribution < -0.4 is 10.6 Å². The van der Waals surface area contributed by atoms with E-state index in [1.165, 1.54) is 51.9 Å². The molecule has 5 nitrogen and oxygen atoms in total. The predicted molar refractivity (Wildman–Crippen MR) is 115 cm³/mol. The molecule has 1 saturated heterocycles. The highest BCUT2D eigenvalue weighted by Crippen LogP contribution is 2.20. The van der Waals surface area contributed by atoms with Crippen LogP contribution in [0.15, 0.2) is 4.99 Å². The Morgan fingerprint density at radius 2 is 1.81 bits per heavy atom. The third-order valence-corrected chi connectivity index (χ3v) is 5.50. The fourth-order valence-corrected chi connectivity index (χ4v) is 4.15. The van der Waals surface area contributed by atoms with E-state index in [2.05, 4.69) is 60.0 Å². The Morgan fingerprint density at radius 1 is 1.15 bits per heavy atom. The molecule has 0 bridgehead atoms. The molecule has 1 heterocycles. The molecular weight excluding hydrogens is 322 g/mol. The van der Waals surface area contributed by atoms with E-state index in [0.29, 0.717) is 6.04 Å². The van der Waals surface area contributed by atoms with Crippen LogP contribution in [0.5, 0.6) is 0 Å². The molecule has 3 unspecified atom stereocenters. The fourth-order valence-electron chi connectivity index (χ4n) is 4.15. The van der Waals surface area contributed by atoms with Crippen molar-refractivity contribution in [2.24, 2.45) is 16.8 Å². The van der Waals surface area contributed by atoms with Crippen LogP contribution in [0.25, 0.3) is 0 Å². The first kappa shape index (κ1) is 23.2. The van der Waals surface area contributed by atoms with Crippen molar-refractivity contribution < 1.29 is 0 Å². The van der Waals surface area contributed by atoms with Crippen molar-refractivity contribution in [1.82, 2.24) is 20.4 Å². The van der Waals surface area contributed by atoms with Gasteiger partial charge in [-0.1, -0.05) is 27.7 Å². The third kappa shape index (κ3) is 9.77. The van der Waals surface area contributed by atoms with Gasteiger partial charge in [0.2, 0.25) is 0 Å². The number of nitrogens with one attached hydrogen (secondary N) is 2. The van der Waals surface area contributed by atoms with Gasteiger partial charge in [-0.2, -0.15) is 0 Å². The molecule has 3 atom stereocenters. The minimum absolute atomic E-state index is 0.459. The van der Waals surface area contributed by atoms with Crippen LogP contribution >= 0.6 is 0 Å². The van der Waals surface area contributed by atoms with Gasteiger partial charge in [0.25, 0.3) is 0 Å². The molecule has 26 heavy (non-hydrogen) atoms. The van der Waals surface area contributed by atoms with Gasteiger partial charge in [0, 0.05) is 32.7 Å². The molecule has 2 N–H and O–H groups in total. The monoisotopic (exact) mass is 367 g/mol. The summed E-state index contributed by atoms with van der Waals surface area (Å²) in [7, 11) is 1.87. The average Bonchev–Trinajstić information content (AvgIpc) is 2.60. The molecular formula is C21H45N5. The zero-order valence-corrected chi connectivity index (χ0v) is 18.4. The van der Waals surface area contributed by atoms with Crippen LogP contribution in [0.1, 0.15) is 60.3 Å². The number of aliphatic imine (C=N–C) groups is 1. The third-order valence-electron chi connectivity index (χ3n) is 5.50. The lowest BCUT2D eigenvalue weighted by Gasteiger charge is -2.35. The van der Waals surface area contributed by atoms with Crippen molar-refractivity contribution in [1.29, 1.82) is 0 Å². The molecule has 1 aliphatic heterocycles. The first-order valence-corrected chi connectivity index (χ1v) is 10.9. The second-order valence-electron chi connectivity index (χ2n) is 8.27. The molecule has 0 saturated carbocycles. The highest BCUT2D eigenvalue weighted by molar-refractivity contribution is 5.79. The number of piperidine rings is 1. The number of guanidine groups is 1. The summed E-state index contributed by atoms with van der Waals surface area (Å²) in [6, 6.07) is 0.459. The Bertz CT molecular complexity index is 371. The molecule has 154 valence electrons. The van der Waals surface area contributed by atoms with Gasteiger partial charge in [-0.05, 0) is 70.6 Å². The lowest BCUT2D eigenvalue weighted by molar-refractivity contribution is 0.140. The Hall–Kier alpha value is -0.810. The van der Waals surface area contributed by atoms with E-state index in [9.17, 15) is 0 Å². The van der Waals surface area contributed by atoms with Crippen molar-refractivity contribution in [2.75, 3.05) is 52.9 Å². The largest absolute Gasteiger partial charge is 0.356 e. The Kier molecular flexibility index (Phi) is 11.9. The van der Waals surface area contributed by atoms with Gasteiger partial charge in [0.05, 0.1) is 0 Å². The molecule has 0 spiro atoms. The fraction of sp³-hybridized carbons (Fsp3) is 0.952. The molecule has 0 aliphatic carbocycles. The lowest BCUT2D eigenvalue weighted by Crippen LogP contribution is -2.44. The summed E-state index contributed by atoms with van der Waals surface area (Å²) in [5.74, 6) is 2.64. The summed E-state index contributed by atoms with van der Waals surface area (Å²) < 4.78 is 0. The van der Waals surface area contributed by atoms with Crippen LogP contribution in [0.3, 0.4) is 0 Å². The first-order chi connectivity index (χ1) is 12.5. The van der Waals surface area contributed by atoms with Crippen molar-refractivity contribution in [3.63, 3.8) is 0 Å². The van der Waals surface area contributed by atoms with Crippen LogP contribution in [0.2, 0.25) is 0 Å². The number of rotatable bonds is 11. The van der Waals surface area contributed by atoms with E-state index < -0.39 is 0 Å². The van der Waals surface area contributed by atoms with Crippen molar-refractivity contribution in [3.05, 3.63) is 0 Å². The molecule has 1 rings (SSSR count). The van der Waals surface area contributed by atoms with Gasteiger partial charge < -0.3 is 20.4 Å². The first-order valence-electron chi connectivity index (χ1n) is 10.9. The smallest absolute Gasteiger partial charge is 0.191 e. The molecule has 0 aromatic heterocycles. The summed E-state index contributed by atoms with van der Waals surface area (Å²) in [4.78, 5) is 9.50. The van der Waals surface area contributed by atoms with E-state index in [4.69, 9.17) is 0 Å². The van der Waals surface area contributed by atoms with E-state index in [1.54, 1.807) is 0 Å². The summed E-state index contributed by atoms with van der Waals surface area (Å²) in [6.45, 7) is 19.7. The van der Waals surface area contributed by atoms with Crippen LogP contribution in [-0.4, -0.2) is 74.7 Å². The maximum atomic E-state index is 4.38. The number of nitrogens with zero attached hydrogens (tertiary/aromatic N) is 3. The number of likely N-dealkylation sites (tertiary alicyclic amines) is 1. The summed E-state index contributed by atoms with van der Waals surface area (Å²) in [6.07, 6.45) is 4.98. The average molecular weight is 368 g/mol. The molecule has 0 aromatic carbocycles. The standard InChI is InChI=1S/C21H45N5/c1-7-25(8-2)13-9-11-20(5)24-21(22-6)23-12-10-14-26-16-18(3)15-19(4)17-26/h18-20H,7-17H2,1-6H3,(H2,22,23,24). The van der Waals surface area contributed by atoms with Crippen LogP contribution in [-0.2, 0) is 0 Å². The van der Waals surface area contributed by atoms with Gasteiger partial charge in [-0.25, -0.2) is 0 Å². The minimum Gasteiger partial charge on any atom is -0.356 e. The molecule has 0 aromatic rings. The van der Waals surface area contributed by atoms with Gasteiger partial charge in [-0.15, -0.1) is 0 Å². The van der Waals surface area contributed by atoms with Gasteiger partial charge >= 0.3 is 0 Å². The second kappa shape index (κ2) is 13.4. The number of hydrogen-bond donors (Lipinski definition) is 2. The summed E-state index contributed by atoms with van der Waals surface area (Å²) in [5.41, 5.74) is 0. The maximum absolute atomic E-state index is 4.38. The van der Waals surface area contributed by atoms with Crippen molar-refractivity contribution in [3.8, 4) is 0 Å². The van der Waals surface area contributed by atoms with Gasteiger partial charge in [0.15, 0.2) is 5.96 Å². The van der Waals surface area contributed by atoms with E-state index in [0.717, 1.165) is 37.4 Å². The molecule has 0 amide bonds. The molecule has 0 radical (unpaired) electrons. The van der Waals surface area contributed by atoms with Crippen molar-refractivity contribution in [2.45, 2.75) is 66.3 Å². The zero-order chi connectivity index (χ0) is 19.4. The minimum atomic E-state index is 0.459. The Labute approximate surface area is 163 Å². The molecule has 1 fully saturated rings. The predicted octanol–water partition coefficient (Wildman–Crippen LogP) is 3.03. The van der Waals surface area contributed by atoms with Gasteiger partial charge in [-0.3, -0.25) is 4.99 Å². The Morgan fingerprint density at radius 3 is 2.38 bits per heavy atom. The SMILES string of the molecule is CCN(CC)CCCC(C)NC(=NC)NCCCN1CC(C)CC(C)C1. The van der Waals surface area contributed by atoms with Crippen LogP contribution in [0.4, 0.5) is 0 Å². The summed E-state index contributed by atoms with van der Waals surface area (Å²) in [5, 5.41) is 7.02.